The lowest BCUT2D eigenvalue weighted by Gasteiger charge is -2.38. The zero-order valence-corrected chi connectivity index (χ0v) is 20.5. The van der Waals surface area contributed by atoms with Crippen molar-refractivity contribution in [1.29, 1.82) is 0 Å². The number of nitrogens with one attached hydrogen (secondary N) is 1. The Morgan fingerprint density at radius 1 is 1.03 bits per heavy atom. The molecule has 0 bridgehead atoms. The van der Waals surface area contributed by atoms with Crippen molar-refractivity contribution in [3.05, 3.63) is 65.6 Å². The first-order valence-electron chi connectivity index (χ1n) is 13.0. The van der Waals surface area contributed by atoms with Crippen LogP contribution in [0.3, 0.4) is 0 Å². The minimum Gasteiger partial charge on any atom is -0.504 e. The Morgan fingerprint density at radius 3 is 2.67 bits per heavy atom. The van der Waals surface area contributed by atoms with Crippen LogP contribution in [0.1, 0.15) is 55.6 Å². The molecule has 190 valence electrons. The molecular weight excluding hydrogens is 457 g/mol. The van der Waals surface area contributed by atoms with E-state index in [1.165, 1.54) is 23.8 Å². The highest BCUT2D eigenvalue weighted by molar-refractivity contribution is 5.92. The molecular formula is C29H34FN3O3. The topological polar surface area (TPSA) is 79.8 Å². The summed E-state index contributed by atoms with van der Waals surface area (Å²) in [5.41, 5.74) is 2.84. The number of fused-ring (bicyclic) bond motifs is 1. The molecule has 0 aliphatic carbocycles. The summed E-state index contributed by atoms with van der Waals surface area (Å²) in [6.45, 7) is 3.82. The van der Waals surface area contributed by atoms with Crippen LogP contribution in [0, 0.1) is 5.82 Å². The van der Waals surface area contributed by atoms with Gasteiger partial charge in [-0.15, -0.1) is 0 Å². The Kier molecular flexibility index (Phi) is 7.28. The molecule has 3 N–H and O–H groups in total. The van der Waals surface area contributed by atoms with Crippen LogP contribution in [0.5, 0.6) is 11.5 Å². The van der Waals surface area contributed by atoms with Gasteiger partial charge < -0.3 is 25.0 Å². The van der Waals surface area contributed by atoms with Gasteiger partial charge in [0, 0.05) is 42.3 Å². The average Bonchev–Trinajstić information content (AvgIpc) is 3.31. The zero-order valence-electron chi connectivity index (χ0n) is 20.5. The number of amides is 1. The number of benzene rings is 2. The highest BCUT2D eigenvalue weighted by Gasteiger charge is 2.27. The van der Waals surface area contributed by atoms with Crippen molar-refractivity contribution >= 4 is 22.9 Å². The van der Waals surface area contributed by atoms with Crippen molar-refractivity contribution in [3.8, 4) is 11.5 Å². The Balaban J connectivity index is 1.14. The quantitative estimate of drug-likeness (QED) is 0.319. The number of carbonyl (C=O) groups is 1. The number of aromatic hydroxyl groups is 2. The molecule has 1 amide bonds. The smallest absolute Gasteiger partial charge is 0.246 e. The van der Waals surface area contributed by atoms with Gasteiger partial charge in [0.25, 0.3) is 0 Å². The summed E-state index contributed by atoms with van der Waals surface area (Å²) >= 11 is 0. The number of phenolic OH excluding ortho intramolecular Hbond substituents is 2. The van der Waals surface area contributed by atoms with Crippen LogP contribution in [0.15, 0.2) is 48.7 Å². The number of piperidine rings is 2. The van der Waals surface area contributed by atoms with E-state index in [-0.39, 0.29) is 29.3 Å². The third-order valence-corrected chi connectivity index (χ3v) is 7.81. The van der Waals surface area contributed by atoms with E-state index in [0.717, 1.165) is 75.6 Å². The molecule has 2 saturated heterocycles. The predicted molar refractivity (Wildman–Crippen MR) is 139 cm³/mol. The summed E-state index contributed by atoms with van der Waals surface area (Å²) in [5, 5.41) is 20.3. The molecule has 0 radical (unpaired) electrons. The van der Waals surface area contributed by atoms with Gasteiger partial charge in [-0.3, -0.25) is 4.79 Å². The first kappa shape index (κ1) is 24.4. The number of hydrogen-bond acceptors (Lipinski definition) is 4. The molecule has 2 aromatic carbocycles. The highest BCUT2D eigenvalue weighted by atomic mass is 19.1. The van der Waals surface area contributed by atoms with Crippen molar-refractivity contribution in [2.75, 3.05) is 26.2 Å². The maximum absolute atomic E-state index is 13.5. The molecule has 2 fully saturated rings. The van der Waals surface area contributed by atoms with Gasteiger partial charge in [-0.1, -0.05) is 6.07 Å². The van der Waals surface area contributed by atoms with Gasteiger partial charge in [0.1, 0.15) is 5.82 Å². The second-order valence-electron chi connectivity index (χ2n) is 10.1. The molecule has 1 aromatic heterocycles. The SMILES string of the molecule is O=C(/C=C/c1ccc(O)c(O)c1)N1CCCC[C@H]1CCN1CCC(c2c[nH]c3cc(F)ccc23)CC1. The first-order valence-corrected chi connectivity index (χ1v) is 13.0. The molecule has 2 aliphatic heterocycles. The third kappa shape index (κ3) is 5.41. The molecule has 7 heteroatoms. The van der Waals surface area contributed by atoms with Gasteiger partial charge in [-0.05, 0) is 105 Å². The number of nitrogens with zero attached hydrogens (tertiary/aromatic N) is 2. The van der Waals surface area contributed by atoms with Crippen LogP contribution in [-0.2, 0) is 4.79 Å². The fourth-order valence-electron chi connectivity index (χ4n) is 5.76. The van der Waals surface area contributed by atoms with Crippen LogP contribution in [0.25, 0.3) is 17.0 Å². The molecule has 5 rings (SSSR count). The van der Waals surface area contributed by atoms with E-state index in [2.05, 4.69) is 9.88 Å². The Hall–Kier alpha value is -3.32. The lowest BCUT2D eigenvalue weighted by Crippen LogP contribution is -2.45. The number of H-pyrrole nitrogens is 1. The number of aromatic amines is 1. The monoisotopic (exact) mass is 491 g/mol. The van der Waals surface area contributed by atoms with Crippen LogP contribution < -0.4 is 0 Å². The van der Waals surface area contributed by atoms with Gasteiger partial charge >= 0.3 is 0 Å². The summed E-state index contributed by atoms with van der Waals surface area (Å²) in [7, 11) is 0. The molecule has 3 aromatic rings. The number of halogens is 1. The van der Waals surface area contributed by atoms with Crippen LogP contribution in [0.4, 0.5) is 4.39 Å². The largest absolute Gasteiger partial charge is 0.504 e. The van der Waals surface area contributed by atoms with Crippen LogP contribution >= 0.6 is 0 Å². The fourth-order valence-corrected chi connectivity index (χ4v) is 5.76. The number of hydrogen-bond donors (Lipinski definition) is 3. The second-order valence-corrected chi connectivity index (χ2v) is 10.1. The summed E-state index contributed by atoms with van der Waals surface area (Å²) in [4.78, 5) is 20.7. The maximum Gasteiger partial charge on any atom is 0.246 e. The second kappa shape index (κ2) is 10.7. The van der Waals surface area contributed by atoms with Crippen LogP contribution in [0.2, 0.25) is 0 Å². The number of likely N-dealkylation sites (tertiary alicyclic amines) is 2. The first-order chi connectivity index (χ1) is 17.5. The molecule has 0 saturated carbocycles. The van der Waals surface area contributed by atoms with Gasteiger partial charge in [-0.25, -0.2) is 4.39 Å². The molecule has 1 atom stereocenters. The van der Waals surface area contributed by atoms with E-state index in [4.69, 9.17) is 0 Å². The van der Waals surface area contributed by atoms with Crippen molar-refractivity contribution in [2.24, 2.45) is 0 Å². The highest BCUT2D eigenvalue weighted by Crippen LogP contribution is 2.34. The summed E-state index contributed by atoms with van der Waals surface area (Å²) in [6.07, 6.45) is 11.6. The van der Waals surface area contributed by atoms with Gasteiger partial charge in [-0.2, -0.15) is 0 Å². The standard InChI is InChI=1S/C29H34FN3O3/c30-22-6-7-24-25(19-31-26(24)18-22)21-10-14-32(15-11-21)16-12-23-3-1-2-13-33(23)29(36)9-5-20-4-8-27(34)28(35)17-20/h4-9,17-19,21,23,31,34-35H,1-3,10-16H2/b9-5+/t23-/m0/s1. The Labute approximate surface area is 211 Å². The number of aromatic nitrogens is 1. The lowest BCUT2D eigenvalue weighted by atomic mass is 9.89. The predicted octanol–water partition coefficient (Wildman–Crippen LogP) is 5.38. The molecule has 0 unspecified atom stereocenters. The third-order valence-electron chi connectivity index (χ3n) is 7.81. The number of carbonyl (C=O) groups excluding carboxylic acids is 1. The fraction of sp³-hybridized carbons (Fsp3) is 0.414. The molecule has 3 heterocycles. The zero-order chi connectivity index (χ0) is 25.1. The van der Waals surface area contributed by atoms with E-state index in [1.54, 1.807) is 24.3 Å². The molecule has 6 nitrogen and oxygen atoms in total. The Morgan fingerprint density at radius 2 is 1.86 bits per heavy atom. The molecule has 2 aliphatic rings. The summed E-state index contributed by atoms with van der Waals surface area (Å²) in [6, 6.07) is 9.77. The van der Waals surface area contributed by atoms with Crippen molar-refractivity contribution in [3.63, 3.8) is 0 Å². The average molecular weight is 492 g/mol. The minimum absolute atomic E-state index is 0.00162. The minimum atomic E-state index is -0.212. The van der Waals surface area contributed by atoms with E-state index >= 15 is 0 Å². The lowest BCUT2D eigenvalue weighted by molar-refractivity contribution is -0.129. The molecule has 0 spiro atoms. The van der Waals surface area contributed by atoms with Crippen LogP contribution in [-0.4, -0.2) is 63.1 Å². The van der Waals surface area contributed by atoms with Gasteiger partial charge in [0.05, 0.1) is 0 Å². The normalized spacial score (nSPS) is 19.9. The summed E-state index contributed by atoms with van der Waals surface area (Å²) in [5.74, 6) is -0.0891. The maximum atomic E-state index is 13.5. The van der Waals surface area contributed by atoms with Crippen molar-refractivity contribution < 1.29 is 19.4 Å². The van der Waals surface area contributed by atoms with E-state index in [0.29, 0.717) is 11.5 Å². The van der Waals surface area contributed by atoms with E-state index in [9.17, 15) is 19.4 Å². The molecule has 36 heavy (non-hydrogen) atoms. The van der Waals surface area contributed by atoms with Gasteiger partial charge in [0.2, 0.25) is 5.91 Å². The van der Waals surface area contributed by atoms with E-state index in [1.807, 2.05) is 17.2 Å². The van der Waals surface area contributed by atoms with Crippen molar-refractivity contribution in [1.82, 2.24) is 14.8 Å². The van der Waals surface area contributed by atoms with Crippen molar-refractivity contribution in [2.45, 2.75) is 50.5 Å². The Bertz CT molecular complexity index is 1250. The number of phenols is 2. The van der Waals surface area contributed by atoms with E-state index < -0.39 is 0 Å². The van der Waals surface area contributed by atoms with Gasteiger partial charge in [0.15, 0.2) is 11.5 Å². The number of rotatable bonds is 6. The summed E-state index contributed by atoms with van der Waals surface area (Å²) < 4.78 is 13.5.